The van der Waals surface area contributed by atoms with Crippen molar-refractivity contribution in [3.8, 4) is 5.75 Å². The maximum Gasteiger partial charge on any atom is 0.261 e. The van der Waals surface area contributed by atoms with Gasteiger partial charge in [0.1, 0.15) is 5.75 Å². The molecule has 3 rings (SSSR count). The number of hydrogen-bond acceptors (Lipinski definition) is 5. The molecule has 1 aliphatic rings. The molecule has 1 atom stereocenters. The lowest BCUT2D eigenvalue weighted by molar-refractivity contribution is -0.140. The van der Waals surface area contributed by atoms with Gasteiger partial charge in [-0.05, 0) is 30.7 Å². The van der Waals surface area contributed by atoms with Crippen LogP contribution >= 0.6 is 0 Å². The number of nitrogens with zero attached hydrogens (tertiary/aromatic N) is 3. The van der Waals surface area contributed by atoms with Crippen LogP contribution in [0.4, 0.5) is 0 Å². The van der Waals surface area contributed by atoms with Crippen molar-refractivity contribution in [1.82, 2.24) is 14.8 Å². The predicted molar refractivity (Wildman–Crippen MR) is 104 cm³/mol. The third-order valence-electron chi connectivity index (χ3n) is 4.69. The first-order chi connectivity index (χ1) is 13.5. The lowest BCUT2D eigenvalue weighted by Crippen LogP contribution is -2.42. The molecular weight excluding hydrogens is 358 g/mol. The van der Waals surface area contributed by atoms with E-state index in [1.165, 1.54) is 4.90 Å². The van der Waals surface area contributed by atoms with Gasteiger partial charge in [-0.2, -0.15) is 0 Å². The zero-order valence-electron chi connectivity index (χ0n) is 16.2. The quantitative estimate of drug-likeness (QED) is 0.759. The summed E-state index contributed by atoms with van der Waals surface area (Å²) in [4.78, 5) is 32.7. The van der Waals surface area contributed by atoms with Crippen LogP contribution in [0.2, 0.25) is 0 Å². The van der Waals surface area contributed by atoms with E-state index < -0.39 is 0 Å². The van der Waals surface area contributed by atoms with Crippen LogP contribution < -0.4 is 4.74 Å². The summed E-state index contributed by atoms with van der Waals surface area (Å²) in [6, 6.07) is 11.3. The molecule has 1 aliphatic heterocycles. The van der Waals surface area contributed by atoms with Gasteiger partial charge < -0.3 is 19.3 Å². The molecule has 2 heterocycles. The van der Waals surface area contributed by atoms with Crippen LogP contribution in [0.5, 0.6) is 5.75 Å². The van der Waals surface area contributed by atoms with Crippen LogP contribution in [0.1, 0.15) is 11.1 Å². The van der Waals surface area contributed by atoms with E-state index in [1.54, 1.807) is 24.4 Å². The Hall–Kier alpha value is -2.93. The lowest BCUT2D eigenvalue weighted by atomic mass is 10.2. The van der Waals surface area contributed by atoms with E-state index in [0.717, 1.165) is 11.1 Å². The molecule has 1 aromatic carbocycles. The highest BCUT2D eigenvalue weighted by Crippen LogP contribution is 2.14. The summed E-state index contributed by atoms with van der Waals surface area (Å²) in [6.07, 6.45) is 3.17. The predicted octanol–water partition coefficient (Wildman–Crippen LogP) is 1.65. The summed E-state index contributed by atoms with van der Waals surface area (Å²) in [7, 11) is 1.59. The van der Waals surface area contributed by atoms with E-state index in [4.69, 9.17) is 9.47 Å². The molecule has 7 nitrogen and oxygen atoms in total. The fourth-order valence-electron chi connectivity index (χ4n) is 3.05. The molecule has 2 aromatic rings. The lowest BCUT2D eigenvalue weighted by Gasteiger charge is -2.23. The average molecular weight is 383 g/mol. The molecule has 1 aromatic heterocycles. The SMILES string of the molecule is CO[C@@H]1CN(C(=O)COc2ccc(C)cc2)CC(=O)N(Cc2cccnc2)C1. The molecule has 7 heteroatoms. The minimum absolute atomic E-state index is 0.0101. The number of aromatic nitrogens is 1. The Morgan fingerprint density at radius 1 is 1.21 bits per heavy atom. The first kappa shape index (κ1) is 19.8. The second kappa shape index (κ2) is 9.32. The summed E-state index contributed by atoms with van der Waals surface area (Å²) in [5, 5.41) is 0. The fraction of sp³-hybridized carbons (Fsp3) is 0.381. The molecule has 148 valence electrons. The number of carbonyl (C=O) groups excluding carboxylic acids is 2. The molecule has 0 bridgehead atoms. The topological polar surface area (TPSA) is 72.0 Å². The molecule has 2 amide bonds. The van der Waals surface area contributed by atoms with Gasteiger partial charge in [-0.25, -0.2) is 0 Å². The number of methoxy groups -OCH3 is 1. The third-order valence-corrected chi connectivity index (χ3v) is 4.69. The van der Waals surface area contributed by atoms with Gasteiger partial charge in [-0.1, -0.05) is 23.8 Å². The number of benzene rings is 1. The Balaban J connectivity index is 1.62. The van der Waals surface area contributed by atoms with Gasteiger partial charge in [0, 0.05) is 39.1 Å². The molecule has 1 saturated heterocycles. The van der Waals surface area contributed by atoms with Gasteiger partial charge in [0.2, 0.25) is 5.91 Å². The molecule has 0 saturated carbocycles. The van der Waals surface area contributed by atoms with E-state index >= 15 is 0 Å². The largest absolute Gasteiger partial charge is 0.484 e. The highest BCUT2D eigenvalue weighted by molar-refractivity contribution is 5.86. The second-order valence-corrected chi connectivity index (χ2v) is 6.87. The summed E-state index contributed by atoms with van der Waals surface area (Å²) in [5.41, 5.74) is 2.06. The Morgan fingerprint density at radius 2 is 2.00 bits per heavy atom. The zero-order chi connectivity index (χ0) is 19.9. The Labute approximate surface area is 164 Å². The summed E-state index contributed by atoms with van der Waals surface area (Å²) in [5.74, 6) is 0.271. The summed E-state index contributed by atoms with van der Waals surface area (Å²) >= 11 is 0. The number of amides is 2. The molecule has 28 heavy (non-hydrogen) atoms. The van der Waals surface area contributed by atoms with E-state index in [1.807, 2.05) is 43.3 Å². The normalized spacial score (nSPS) is 17.4. The first-order valence-corrected chi connectivity index (χ1v) is 9.22. The van der Waals surface area contributed by atoms with Gasteiger partial charge in [0.05, 0.1) is 12.6 Å². The van der Waals surface area contributed by atoms with Crippen molar-refractivity contribution < 1.29 is 19.1 Å². The van der Waals surface area contributed by atoms with Crippen molar-refractivity contribution in [2.75, 3.05) is 33.4 Å². The monoisotopic (exact) mass is 383 g/mol. The average Bonchev–Trinajstić information content (AvgIpc) is 2.87. The van der Waals surface area contributed by atoms with Gasteiger partial charge in [0.25, 0.3) is 5.91 Å². The van der Waals surface area contributed by atoms with Crippen LogP contribution in [-0.2, 0) is 20.9 Å². The van der Waals surface area contributed by atoms with Crippen LogP contribution in [0.3, 0.4) is 0 Å². The van der Waals surface area contributed by atoms with Gasteiger partial charge >= 0.3 is 0 Å². The molecule has 0 aliphatic carbocycles. The van der Waals surface area contributed by atoms with E-state index in [0.29, 0.717) is 25.4 Å². The van der Waals surface area contributed by atoms with Crippen molar-refractivity contribution in [3.05, 3.63) is 59.9 Å². The highest BCUT2D eigenvalue weighted by atomic mass is 16.5. The van der Waals surface area contributed by atoms with Crippen LogP contribution in [-0.4, -0.2) is 66.1 Å². The Bertz CT molecular complexity index is 795. The number of carbonyl (C=O) groups is 2. The molecule has 0 N–H and O–H groups in total. The van der Waals surface area contributed by atoms with Crippen LogP contribution in [0, 0.1) is 6.92 Å². The van der Waals surface area contributed by atoms with Crippen LogP contribution in [0.25, 0.3) is 0 Å². The van der Waals surface area contributed by atoms with Crippen molar-refractivity contribution in [1.29, 1.82) is 0 Å². The number of pyridine rings is 1. The van der Waals surface area contributed by atoms with Crippen molar-refractivity contribution in [3.63, 3.8) is 0 Å². The van der Waals surface area contributed by atoms with Gasteiger partial charge in [-0.3, -0.25) is 14.6 Å². The Kier molecular flexibility index (Phi) is 6.60. The Morgan fingerprint density at radius 3 is 2.68 bits per heavy atom. The third kappa shape index (κ3) is 5.29. The fourth-order valence-corrected chi connectivity index (χ4v) is 3.05. The summed E-state index contributed by atoms with van der Waals surface area (Å²) in [6.45, 7) is 3.09. The standard InChI is InChI=1S/C21H25N3O4/c1-16-5-7-18(8-6-16)28-15-21(26)24-13-19(27-2)12-23(20(25)14-24)11-17-4-3-9-22-10-17/h3-10,19H,11-15H2,1-2H3/t19-/m0/s1. The number of ether oxygens (including phenoxy) is 2. The van der Waals surface area contributed by atoms with E-state index in [-0.39, 0.29) is 31.1 Å². The molecule has 0 unspecified atom stereocenters. The van der Waals surface area contributed by atoms with Crippen molar-refractivity contribution in [2.24, 2.45) is 0 Å². The number of rotatable bonds is 6. The molecule has 1 fully saturated rings. The second-order valence-electron chi connectivity index (χ2n) is 6.87. The maximum atomic E-state index is 12.7. The van der Waals surface area contributed by atoms with Gasteiger partial charge in [-0.15, -0.1) is 0 Å². The van der Waals surface area contributed by atoms with E-state index in [9.17, 15) is 9.59 Å². The van der Waals surface area contributed by atoms with Crippen molar-refractivity contribution in [2.45, 2.75) is 19.6 Å². The number of hydrogen-bond donors (Lipinski definition) is 0. The highest BCUT2D eigenvalue weighted by Gasteiger charge is 2.30. The van der Waals surface area contributed by atoms with Crippen LogP contribution in [0.15, 0.2) is 48.8 Å². The molecular formula is C21H25N3O4. The number of aryl methyl sites for hydroxylation is 1. The molecule has 0 spiro atoms. The minimum atomic E-state index is -0.258. The zero-order valence-corrected chi connectivity index (χ0v) is 16.2. The van der Waals surface area contributed by atoms with E-state index in [2.05, 4.69) is 4.98 Å². The smallest absolute Gasteiger partial charge is 0.261 e. The first-order valence-electron chi connectivity index (χ1n) is 9.22. The molecule has 0 radical (unpaired) electrons. The maximum absolute atomic E-state index is 12.7. The minimum Gasteiger partial charge on any atom is -0.484 e. The van der Waals surface area contributed by atoms with Gasteiger partial charge in [0.15, 0.2) is 6.61 Å². The summed E-state index contributed by atoms with van der Waals surface area (Å²) < 4.78 is 11.1. The van der Waals surface area contributed by atoms with Crippen molar-refractivity contribution >= 4 is 11.8 Å².